The number of hydrogen-bond acceptors (Lipinski definition) is 3. The number of nitrogens with zero attached hydrogens (tertiary/aromatic N) is 1. The van der Waals surface area contributed by atoms with Gasteiger partial charge in [-0.25, -0.2) is 4.79 Å². The summed E-state index contributed by atoms with van der Waals surface area (Å²) in [7, 11) is 1.44. The predicted molar refractivity (Wildman–Crippen MR) is 56.7 cm³/mol. The van der Waals surface area contributed by atoms with Gasteiger partial charge in [-0.15, -0.1) is 0 Å². The molecule has 0 atom stereocenters. The summed E-state index contributed by atoms with van der Waals surface area (Å²) >= 11 is 0. The highest BCUT2D eigenvalue weighted by Crippen LogP contribution is 2.01. The first-order chi connectivity index (χ1) is 7.16. The molecule has 0 bridgehead atoms. The molecule has 0 aliphatic rings. The van der Waals surface area contributed by atoms with E-state index in [1.165, 1.54) is 25.8 Å². The Labute approximate surface area is 93.6 Å². The first-order valence-corrected chi connectivity index (χ1v) is 4.72. The van der Waals surface area contributed by atoms with Crippen molar-refractivity contribution in [3.63, 3.8) is 0 Å². The summed E-state index contributed by atoms with van der Waals surface area (Å²) in [5, 5.41) is 10.8. The number of hydrogen-bond donors (Lipinski definition) is 3. The van der Waals surface area contributed by atoms with Gasteiger partial charge >= 0.3 is 12.0 Å². The van der Waals surface area contributed by atoms with E-state index in [0.29, 0.717) is 0 Å². The number of carbonyl (C=O) groups excluding carboxylic acids is 2. The van der Waals surface area contributed by atoms with Crippen LogP contribution in [-0.4, -0.2) is 47.0 Å². The van der Waals surface area contributed by atoms with Gasteiger partial charge < -0.3 is 21.1 Å². The van der Waals surface area contributed by atoms with Crippen LogP contribution < -0.4 is 11.1 Å². The Bertz CT molecular complexity index is 301. The highest BCUT2D eigenvalue weighted by atomic mass is 16.4. The third-order valence-electron chi connectivity index (χ3n) is 2.04. The Morgan fingerprint density at radius 1 is 1.38 bits per heavy atom. The van der Waals surface area contributed by atoms with E-state index in [1.807, 2.05) is 0 Å². The number of carbonyl (C=O) groups is 3. The first kappa shape index (κ1) is 14.2. The van der Waals surface area contributed by atoms with Crippen LogP contribution in [0.25, 0.3) is 0 Å². The lowest BCUT2D eigenvalue weighted by molar-refractivity contribution is -0.137. The Morgan fingerprint density at radius 2 is 1.88 bits per heavy atom. The number of aliphatic carboxylic acids is 1. The molecule has 7 heteroatoms. The Balaban J connectivity index is 4.25. The van der Waals surface area contributed by atoms with Crippen LogP contribution in [0, 0.1) is 0 Å². The molecule has 3 amide bonds. The minimum Gasteiger partial charge on any atom is -0.481 e. The maximum atomic E-state index is 11.5. The first-order valence-electron chi connectivity index (χ1n) is 4.72. The summed E-state index contributed by atoms with van der Waals surface area (Å²) in [6.45, 7) is 3.01. The van der Waals surface area contributed by atoms with Crippen LogP contribution in [0.15, 0.2) is 0 Å². The SMILES string of the molecule is CN(CCC(=O)O)C(=O)NC(C)(C)C(N)=O. The van der Waals surface area contributed by atoms with Gasteiger partial charge in [0.25, 0.3) is 0 Å². The maximum absolute atomic E-state index is 11.5. The number of urea groups is 1. The van der Waals surface area contributed by atoms with E-state index in [1.54, 1.807) is 0 Å². The third kappa shape index (κ3) is 4.63. The molecule has 0 aromatic carbocycles. The average Bonchev–Trinajstić information content (AvgIpc) is 2.12. The molecule has 0 aliphatic heterocycles. The van der Waals surface area contributed by atoms with Gasteiger partial charge in [0, 0.05) is 13.6 Å². The molecule has 0 aliphatic carbocycles. The lowest BCUT2D eigenvalue weighted by Crippen LogP contribution is -2.56. The molecule has 0 rings (SSSR count). The summed E-state index contributed by atoms with van der Waals surface area (Å²) in [4.78, 5) is 33.9. The molecule has 7 nitrogen and oxygen atoms in total. The van der Waals surface area contributed by atoms with Crippen molar-refractivity contribution in [2.75, 3.05) is 13.6 Å². The quantitative estimate of drug-likeness (QED) is 0.584. The molecule has 0 radical (unpaired) electrons. The van der Waals surface area contributed by atoms with Gasteiger partial charge in [0.1, 0.15) is 5.54 Å². The molecule has 0 saturated carbocycles. The number of carboxylic acids is 1. The summed E-state index contributed by atoms with van der Waals surface area (Å²) in [6, 6.07) is -0.537. The minimum atomic E-state index is -1.16. The molecule has 0 saturated heterocycles. The van der Waals surface area contributed by atoms with Crippen molar-refractivity contribution in [1.82, 2.24) is 10.2 Å². The van der Waals surface area contributed by atoms with Gasteiger partial charge in [-0.3, -0.25) is 9.59 Å². The van der Waals surface area contributed by atoms with Gasteiger partial charge in [-0.1, -0.05) is 0 Å². The predicted octanol–water partition coefficient (Wildman–Crippen LogP) is -0.634. The van der Waals surface area contributed by atoms with Crippen molar-refractivity contribution >= 4 is 17.9 Å². The molecular weight excluding hydrogens is 214 g/mol. The van der Waals surface area contributed by atoms with Crippen molar-refractivity contribution in [3.05, 3.63) is 0 Å². The Kier molecular flexibility index (Phi) is 4.74. The van der Waals surface area contributed by atoms with E-state index in [-0.39, 0.29) is 13.0 Å². The molecule has 0 aromatic heterocycles. The zero-order chi connectivity index (χ0) is 12.9. The van der Waals surface area contributed by atoms with E-state index >= 15 is 0 Å². The van der Waals surface area contributed by atoms with E-state index in [2.05, 4.69) is 5.32 Å². The Morgan fingerprint density at radius 3 is 2.25 bits per heavy atom. The second-order valence-electron chi connectivity index (χ2n) is 3.98. The van der Waals surface area contributed by atoms with E-state index < -0.39 is 23.4 Å². The third-order valence-corrected chi connectivity index (χ3v) is 2.04. The fourth-order valence-electron chi connectivity index (χ4n) is 0.789. The lowest BCUT2D eigenvalue weighted by Gasteiger charge is -2.26. The molecule has 0 spiro atoms. The van der Waals surface area contributed by atoms with Crippen LogP contribution in [0.1, 0.15) is 20.3 Å². The van der Waals surface area contributed by atoms with Crippen LogP contribution in [0.3, 0.4) is 0 Å². The average molecular weight is 231 g/mol. The van der Waals surface area contributed by atoms with Crippen LogP contribution >= 0.6 is 0 Å². The summed E-state index contributed by atoms with van der Waals surface area (Å²) in [5.41, 5.74) is 3.92. The molecule has 92 valence electrons. The number of rotatable bonds is 5. The number of amides is 3. The number of carboxylic acid groups (broad SMARTS) is 1. The zero-order valence-corrected chi connectivity index (χ0v) is 9.61. The standard InChI is InChI=1S/C9H17N3O4/c1-9(2,7(10)15)11-8(16)12(3)5-4-6(13)14/h4-5H2,1-3H3,(H2,10,15)(H,11,16)(H,13,14). The fraction of sp³-hybridized carbons (Fsp3) is 0.667. The van der Waals surface area contributed by atoms with Crippen molar-refractivity contribution in [3.8, 4) is 0 Å². The van der Waals surface area contributed by atoms with Crippen molar-refractivity contribution in [1.29, 1.82) is 0 Å². The van der Waals surface area contributed by atoms with Crippen LogP contribution in [-0.2, 0) is 9.59 Å². The van der Waals surface area contributed by atoms with Gasteiger partial charge in [0.05, 0.1) is 6.42 Å². The topological polar surface area (TPSA) is 113 Å². The van der Waals surface area contributed by atoms with Gasteiger partial charge in [0.15, 0.2) is 0 Å². The van der Waals surface area contributed by atoms with Crippen LogP contribution in [0.4, 0.5) is 4.79 Å². The molecule has 4 N–H and O–H groups in total. The normalized spacial score (nSPS) is 10.7. The smallest absolute Gasteiger partial charge is 0.317 e. The van der Waals surface area contributed by atoms with Crippen LogP contribution in [0.2, 0.25) is 0 Å². The van der Waals surface area contributed by atoms with Gasteiger partial charge in [-0.2, -0.15) is 0 Å². The monoisotopic (exact) mass is 231 g/mol. The molecule has 16 heavy (non-hydrogen) atoms. The summed E-state index contributed by atoms with van der Waals surface area (Å²) in [5.74, 6) is -1.65. The minimum absolute atomic E-state index is 0.0655. The second kappa shape index (κ2) is 5.34. The highest BCUT2D eigenvalue weighted by molar-refractivity contribution is 5.89. The lowest BCUT2D eigenvalue weighted by atomic mass is 10.1. The van der Waals surface area contributed by atoms with Crippen molar-refractivity contribution < 1.29 is 19.5 Å². The Hall–Kier alpha value is -1.79. The molecule has 0 heterocycles. The zero-order valence-electron chi connectivity index (χ0n) is 9.61. The van der Waals surface area contributed by atoms with E-state index in [9.17, 15) is 14.4 Å². The summed E-state index contributed by atoms with van der Waals surface area (Å²) < 4.78 is 0. The molecule has 0 unspecified atom stereocenters. The van der Waals surface area contributed by atoms with E-state index in [0.717, 1.165) is 0 Å². The highest BCUT2D eigenvalue weighted by Gasteiger charge is 2.28. The number of nitrogens with two attached hydrogens (primary N) is 1. The fourth-order valence-corrected chi connectivity index (χ4v) is 0.789. The van der Waals surface area contributed by atoms with Crippen LogP contribution in [0.5, 0.6) is 0 Å². The van der Waals surface area contributed by atoms with Gasteiger partial charge in [-0.05, 0) is 13.8 Å². The maximum Gasteiger partial charge on any atom is 0.317 e. The molecule has 0 aromatic rings. The molecule has 0 fully saturated rings. The molecular formula is C9H17N3O4. The summed E-state index contributed by atoms with van der Waals surface area (Å²) in [6.07, 6.45) is -0.152. The second-order valence-corrected chi connectivity index (χ2v) is 3.98. The van der Waals surface area contributed by atoms with E-state index in [4.69, 9.17) is 10.8 Å². The van der Waals surface area contributed by atoms with Crippen molar-refractivity contribution in [2.24, 2.45) is 5.73 Å². The van der Waals surface area contributed by atoms with Gasteiger partial charge in [0.2, 0.25) is 5.91 Å². The largest absolute Gasteiger partial charge is 0.481 e. The van der Waals surface area contributed by atoms with Crippen molar-refractivity contribution in [2.45, 2.75) is 25.8 Å². The number of nitrogens with one attached hydrogen (secondary N) is 1. The number of primary amides is 1.